The summed E-state index contributed by atoms with van der Waals surface area (Å²) in [6.45, 7) is 6.13. The molecule has 0 bridgehead atoms. The average molecular weight is 336 g/mol. The number of ether oxygens (including phenoxy) is 1. The lowest BCUT2D eigenvalue weighted by molar-refractivity contribution is 0.0491. The number of aromatic nitrogens is 1. The number of Topliss-reactive ketones (excluding diaryl/α,β-unsaturated/α-hetero) is 1. The van der Waals surface area contributed by atoms with Gasteiger partial charge in [-0.3, -0.25) is 4.79 Å². The summed E-state index contributed by atoms with van der Waals surface area (Å²) in [6, 6.07) is 5.91. The van der Waals surface area contributed by atoms with Gasteiger partial charge >= 0.3 is 0 Å². The van der Waals surface area contributed by atoms with Gasteiger partial charge in [-0.2, -0.15) is 0 Å². The van der Waals surface area contributed by atoms with Gasteiger partial charge in [-0.05, 0) is 31.9 Å². The van der Waals surface area contributed by atoms with Gasteiger partial charge in [0.05, 0.1) is 18.1 Å². The molecule has 1 aliphatic rings. The first-order valence-corrected chi connectivity index (χ1v) is 7.75. The maximum absolute atomic E-state index is 12.9. The summed E-state index contributed by atoms with van der Waals surface area (Å²) in [7, 11) is 0. The van der Waals surface area contributed by atoms with E-state index in [2.05, 4.69) is 27.8 Å². The van der Waals surface area contributed by atoms with Crippen LogP contribution in [0.3, 0.4) is 0 Å². The molecular weight excluding hydrogens is 318 g/mol. The number of nitrogens with one attached hydrogen (secondary N) is 1. The lowest BCUT2D eigenvalue weighted by atomic mass is 9.83. The Morgan fingerprint density at radius 1 is 1.25 bits per heavy atom. The SMILES string of the molecule is CC1OC(C)C(C(=O)c2c[nH]c3cccc(Br)c23)C1C. The van der Waals surface area contributed by atoms with Gasteiger partial charge in [-0.1, -0.05) is 28.9 Å². The summed E-state index contributed by atoms with van der Waals surface area (Å²) < 4.78 is 6.76. The Morgan fingerprint density at radius 3 is 2.65 bits per heavy atom. The summed E-state index contributed by atoms with van der Waals surface area (Å²) in [4.78, 5) is 16.1. The molecule has 0 radical (unpaired) electrons. The van der Waals surface area contributed by atoms with Crippen molar-refractivity contribution in [3.63, 3.8) is 0 Å². The van der Waals surface area contributed by atoms with Crippen LogP contribution in [0.4, 0.5) is 0 Å². The first-order valence-electron chi connectivity index (χ1n) is 6.96. The molecular formula is C16H18BrNO2. The molecule has 2 heterocycles. The second-order valence-corrected chi connectivity index (χ2v) is 6.51. The molecule has 2 aromatic rings. The standard InChI is InChI=1S/C16H18BrNO2/c1-8-9(2)20-10(3)14(8)16(19)11-7-18-13-6-4-5-12(17)15(11)13/h4-10,14,18H,1-3H3. The van der Waals surface area contributed by atoms with Gasteiger partial charge in [0.15, 0.2) is 5.78 Å². The Morgan fingerprint density at radius 2 is 2.00 bits per heavy atom. The highest BCUT2D eigenvalue weighted by Crippen LogP contribution is 2.37. The highest BCUT2D eigenvalue weighted by molar-refractivity contribution is 9.10. The van der Waals surface area contributed by atoms with Gasteiger partial charge in [0, 0.05) is 27.1 Å². The molecule has 1 N–H and O–H groups in total. The minimum absolute atomic E-state index is 0.0278. The number of H-pyrrole nitrogens is 1. The molecule has 3 rings (SSSR count). The molecule has 1 aromatic carbocycles. The Kier molecular flexibility index (Phi) is 3.46. The van der Waals surface area contributed by atoms with E-state index in [0.717, 1.165) is 20.9 Å². The minimum Gasteiger partial charge on any atom is -0.374 e. The molecule has 0 saturated carbocycles. The monoisotopic (exact) mass is 335 g/mol. The normalized spacial score (nSPS) is 30.0. The Hall–Kier alpha value is -1.13. The number of ketones is 1. The molecule has 1 saturated heterocycles. The van der Waals surface area contributed by atoms with Gasteiger partial charge in [0.25, 0.3) is 0 Å². The summed E-state index contributed by atoms with van der Waals surface area (Å²) >= 11 is 3.54. The Bertz CT molecular complexity index is 664. The highest BCUT2D eigenvalue weighted by Gasteiger charge is 2.42. The minimum atomic E-state index is -0.0730. The van der Waals surface area contributed by atoms with E-state index in [9.17, 15) is 4.79 Å². The summed E-state index contributed by atoms with van der Waals surface area (Å²) in [5.74, 6) is 0.341. The van der Waals surface area contributed by atoms with Crippen molar-refractivity contribution < 1.29 is 9.53 Å². The van der Waals surface area contributed by atoms with Crippen molar-refractivity contribution in [1.82, 2.24) is 4.98 Å². The molecule has 1 aromatic heterocycles. The molecule has 0 aliphatic carbocycles. The van der Waals surface area contributed by atoms with Crippen molar-refractivity contribution in [3.8, 4) is 0 Å². The number of benzene rings is 1. The van der Waals surface area contributed by atoms with Crippen molar-refractivity contribution in [2.24, 2.45) is 11.8 Å². The van der Waals surface area contributed by atoms with Gasteiger partial charge in [0.2, 0.25) is 0 Å². The maximum Gasteiger partial charge on any atom is 0.171 e. The summed E-state index contributed by atoms with van der Waals surface area (Å²) in [5, 5.41) is 0.969. The van der Waals surface area contributed by atoms with Crippen LogP contribution < -0.4 is 0 Å². The molecule has 1 aliphatic heterocycles. The molecule has 1 fully saturated rings. The fourth-order valence-corrected chi connectivity index (χ4v) is 3.81. The summed E-state index contributed by atoms with van der Waals surface area (Å²) in [5.41, 5.74) is 1.74. The van der Waals surface area contributed by atoms with Gasteiger partial charge < -0.3 is 9.72 Å². The molecule has 4 unspecified atom stereocenters. The van der Waals surface area contributed by atoms with Crippen LogP contribution in [0.25, 0.3) is 10.9 Å². The first-order chi connectivity index (χ1) is 9.50. The van der Waals surface area contributed by atoms with E-state index in [1.54, 1.807) is 0 Å². The number of aromatic amines is 1. The fraction of sp³-hybridized carbons (Fsp3) is 0.438. The maximum atomic E-state index is 12.9. The molecule has 3 nitrogen and oxygen atoms in total. The third kappa shape index (κ3) is 2.02. The number of hydrogen-bond acceptors (Lipinski definition) is 2. The predicted molar refractivity (Wildman–Crippen MR) is 83.0 cm³/mol. The van der Waals surface area contributed by atoms with Crippen molar-refractivity contribution in [2.75, 3.05) is 0 Å². The molecule has 4 atom stereocenters. The Balaban J connectivity index is 2.05. The number of halogens is 1. The molecule has 4 heteroatoms. The Labute approximate surface area is 126 Å². The van der Waals surface area contributed by atoms with Crippen molar-refractivity contribution in [1.29, 1.82) is 0 Å². The van der Waals surface area contributed by atoms with Gasteiger partial charge in [-0.15, -0.1) is 0 Å². The zero-order valence-electron chi connectivity index (χ0n) is 11.8. The first kappa shape index (κ1) is 13.8. The zero-order valence-corrected chi connectivity index (χ0v) is 13.4. The van der Waals surface area contributed by atoms with Crippen LogP contribution in [0.1, 0.15) is 31.1 Å². The number of rotatable bonds is 2. The number of carbonyl (C=O) groups excluding carboxylic acids is 1. The molecule has 106 valence electrons. The number of carbonyl (C=O) groups is 1. The van der Waals surface area contributed by atoms with Crippen LogP contribution in [0, 0.1) is 11.8 Å². The topological polar surface area (TPSA) is 42.1 Å². The van der Waals surface area contributed by atoms with E-state index in [1.807, 2.05) is 38.2 Å². The average Bonchev–Trinajstić information content (AvgIpc) is 2.93. The van der Waals surface area contributed by atoms with E-state index < -0.39 is 0 Å². The second kappa shape index (κ2) is 5.01. The van der Waals surface area contributed by atoms with E-state index in [0.29, 0.717) is 0 Å². The summed E-state index contributed by atoms with van der Waals surface area (Å²) in [6.07, 6.45) is 1.92. The van der Waals surface area contributed by atoms with Gasteiger partial charge in [-0.25, -0.2) is 0 Å². The smallest absolute Gasteiger partial charge is 0.171 e. The van der Waals surface area contributed by atoms with E-state index in [4.69, 9.17) is 4.74 Å². The third-order valence-electron chi connectivity index (χ3n) is 4.47. The second-order valence-electron chi connectivity index (χ2n) is 5.66. The zero-order chi connectivity index (χ0) is 14.4. The van der Waals surface area contributed by atoms with Crippen LogP contribution in [0.15, 0.2) is 28.9 Å². The van der Waals surface area contributed by atoms with E-state index in [1.165, 1.54) is 0 Å². The predicted octanol–water partition coefficient (Wildman–Crippen LogP) is 4.17. The van der Waals surface area contributed by atoms with Crippen LogP contribution in [0.5, 0.6) is 0 Å². The molecule has 0 spiro atoms. The van der Waals surface area contributed by atoms with Crippen LogP contribution >= 0.6 is 15.9 Å². The largest absolute Gasteiger partial charge is 0.374 e. The van der Waals surface area contributed by atoms with E-state index >= 15 is 0 Å². The lowest BCUT2D eigenvalue weighted by Crippen LogP contribution is -2.26. The van der Waals surface area contributed by atoms with Crippen molar-refractivity contribution >= 4 is 32.6 Å². The third-order valence-corrected chi connectivity index (χ3v) is 5.13. The highest BCUT2D eigenvalue weighted by atomic mass is 79.9. The van der Waals surface area contributed by atoms with Gasteiger partial charge in [0.1, 0.15) is 0 Å². The fourth-order valence-electron chi connectivity index (χ4n) is 3.23. The quantitative estimate of drug-likeness (QED) is 0.836. The van der Waals surface area contributed by atoms with E-state index in [-0.39, 0.29) is 29.8 Å². The number of fused-ring (bicyclic) bond motifs is 1. The van der Waals surface area contributed by atoms with Crippen LogP contribution in [-0.2, 0) is 4.74 Å². The van der Waals surface area contributed by atoms with Crippen LogP contribution in [-0.4, -0.2) is 23.0 Å². The van der Waals surface area contributed by atoms with Crippen LogP contribution in [0.2, 0.25) is 0 Å². The van der Waals surface area contributed by atoms with Crippen molar-refractivity contribution in [3.05, 3.63) is 34.4 Å². The lowest BCUT2D eigenvalue weighted by Gasteiger charge is -2.16. The van der Waals surface area contributed by atoms with Crippen molar-refractivity contribution in [2.45, 2.75) is 33.0 Å². The molecule has 20 heavy (non-hydrogen) atoms. The molecule has 0 amide bonds. The number of hydrogen-bond donors (Lipinski definition) is 1.